The minimum Gasteiger partial charge on any atom is -0.456 e. The van der Waals surface area contributed by atoms with Crippen LogP contribution in [-0.4, -0.2) is 55.9 Å². The van der Waals surface area contributed by atoms with Crippen LogP contribution in [-0.2, 0) is 22.1 Å². The lowest BCUT2D eigenvalue weighted by molar-refractivity contribution is -0.0437. The van der Waals surface area contributed by atoms with Crippen LogP contribution in [0.4, 0.5) is 13.2 Å². The molecule has 2 aliphatic heterocycles. The average Bonchev–Trinajstić information content (AvgIpc) is 3.31. The van der Waals surface area contributed by atoms with Crippen LogP contribution in [0.25, 0.3) is 22.3 Å². The zero-order valence-electron chi connectivity index (χ0n) is 20.1. The van der Waals surface area contributed by atoms with Crippen molar-refractivity contribution < 1.29 is 26.0 Å². The van der Waals surface area contributed by atoms with E-state index in [1.165, 1.54) is 25.3 Å². The van der Waals surface area contributed by atoms with Gasteiger partial charge in [-0.15, -0.1) is 0 Å². The van der Waals surface area contributed by atoms with Crippen LogP contribution in [0.1, 0.15) is 43.2 Å². The minimum atomic E-state index is -5.31. The van der Waals surface area contributed by atoms with Crippen molar-refractivity contribution in [1.29, 1.82) is 0 Å². The van der Waals surface area contributed by atoms with Crippen molar-refractivity contribution >= 4 is 20.8 Å². The number of benzene rings is 2. The number of alkyl halides is 3. The standard InChI is InChI=1S/C27H31F3N2O3S/c28-27(29,30)36(33,34)19-21-9-10-25-23(17-26(35-25)20-7-3-1-4-8-20)24(21)18-31-15-11-22(12-16-31)32-13-5-2-6-14-32/h1,3-4,7-10,17,22H,2,5-6,11-16,18-19H2. The van der Waals surface area contributed by atoms with E-state index in [-0.39, 0.29) is 5.56 Å². The van der Waals surface area contributed by atoms with Gasteiger partial charge < -0.3 is 9.32 Å². The molecule has 36 heavy (non-hydrogen) atoms. The normalized spacial score (nSPS) is 19.2. The molecular weight excluding hydrogens is 489 g/mol. The molecule has 2 aromatic carbocycles. The predicted molar refractivity (Wildman–Crippen MR) is 134 cm³/mol. The fourth-order valence-corrected chi connectivity index (χ4v) is 6.36. The summed E-state index contributed by atoms with van der Waals surface area (Å²) in [5.41, 5.74) is -3.12. The maximum absolute atomic E-state index is 13.2. The largest absolute Gasteiger partial charge is 0.497 e. The molecule has 9 heteroatoms. The molecule has 2 fully saturated rings. The number of nitrogens with zero attached hydrogens (tertiary/aromatic N) is 2. The Hall–Kier alpha value is -2.36. The number of fused-ring (bicyclic) bond motifs is 1. The Labute approximate surface area is 209 Å². The first-order valence-electron chi connectivity index (χ1n) is 12.6. The molecule has 2 saturated heterocycles. The highest BCUT2D eigenvalue weighted by Gasteiger charge is 2.45. The molecule has 2 aliphatic rings. The van der Waals surface area contributed by atoms with Gasteiger partial charge in [0.25, 0.3) is 9.84 Å². The predicted octanol–water partition coefficient (Wildman–Crippen LogP) is 5.98. The molecule has 0 N–H and O–H groups in total. The lowest BCUT2D eigenvalue weighted by Crippen LogP contribution is -2.46. The topological polar surface area (TPSA) is 53.8 Å². The highest BCUT2D eigenvalue weighted by molar-refractivity contribution is 7.91. The van der Waals surface area contributed by atoms with Crippen molar-refractivity contribution in [3.63, 3.8) is 0 Å². The van der Waals surface area contributed by atoms with E-state index in [2.05, 4.69) is 9.80 Å². The van der Waals surface area contributed by atoms with Crippen LogP contribution in [0.15, 0.2) is 52.9 Å². The molecule has 0 saturated carbocycles. The van der Waals surface area contributed by atoms with Gasteiger partial charge in [0, 0.05) is 23.5 Å². The second-order valence-corrected chi connectivity index (χ2v) is 11.9. The van der Waals surface area contributed by atoms with Gasteiger partial charge in [-0.1, -0.05) is 42.8 Å². The zero-order chi connectivity index (χ0) is 25.3. The van der Waals surface area contributed by atoms with Gasteiger partial charge >= 0.3 is 5.51 Å². The minimum absolute atomic E-state index is 0.179. The maximum atomic E-state index is 13.2. The van der Waals surface area contributed by atoms with E-state index in [0.29, 0.717) is 34.9 Å². The lowest BCUT2D eigenvalue weighted by Gasteiger charge is -2.40. The van der Waals surface area contributed by atoms with Gasteiger partial charge in [0.1, 0.15) is 11.3 Å². The first-order chi connectivity index (χ1) is 17.2. The third-order valence-electron chi connectivity index (χ3n) is 7.51. The number of likely N-dealkylation sites (tertiary alicyclic amines) is 2. The van der Waals surface area contributed by atoms with E-state index in [1.54, 1.807) is 6.07 Å². The molecule has 0 aliphatic carbocycles. The summed E-state index contributed by atoms with van der Waals surface area (Å²) in [6.45, 7) is 4.32. The van der Waals surface area contributed by atoms with Crippen LogP contribution in [0.2, 0.25) is 0 Å². The highest BCUT2D eigenvalue weighted by atomic mass is 32.2. The van der Waals surface area contributed by atoms with Crippen LogP contribution >= 0.6 is 0 Å². The number of sulfone groups is 1. The van der Waals surface area contributed by atoms with Crippen molar-refractivity contribution in [3.8, 4) is 11.3 Å². The fraction of sp³-hybridized carbons (Fsp3) is 0.481. The van der Waals surface area contributed by atoms with E-state index >= 15 is 0 Å². The molecule has 0 bridgehead atoms. The van der Waals surface area contributed by atoms with Crippen molar-refractivity contribution in [2.24, 2.45) is 0 Å². The summed E-state index contributed by atoms with van der Waals surface area (Å²) in [6.07, 6.45) is 5.78. The number of furan rings is 1. The summed E-state index contributed by atoms with van der Waals surface area (Å²) in [7, 11) is -5.31. The van der Waals surface area contributed by atoms with Crippen molar-refractivity contribution in [2.45, 2.75) is 56.0 Å². The number of halogens is 3. The molecule has 194 valence electrons. The van der Waals surface area contributed by atoms with Crippen LogP contribution in [0, 0.1) is 0 Å². The third kappa shape index (κ3) is 5.33. The van der Waals surface area contributed by atoms with Crippen LogP contribution < -0.4 is 0 Å². The Morgan fingerprint density at radius 2 is 1.61 bits per heavy atom. The summed E-state index contributed by atoms with van der Waals surface area (Å²) < 4.78 is 69.9. The molecule has 3 heterocycles. The summed E-state index contributed by atoms with van der Waals surface area (Å²) in [4.78, 5) is 4.80. The second kappa shape index (κ2) is 10.2. The fourth-order valence-electron chi connectivity index (χ4n) is 5.52. The maximum Gasteiger partial charge on any atom is 0.497 e. The van der Waals surface area contributed by atoms with Gasteiger partial charge in [-0.05, 0) is 75.1 Å². The Balaban J connectivity index is 1.44. The van der Waals surface area contributed by atoms with Crippen molar-refractivity contribution in [2.75, 3.05) is 26.2 Å². The van der Waals surface area contributed by atoms with E-state index in [1.807, 2.05) is 36.4 Å². The third-order valence-corrected chi connectivity index (χ3v) is 8.91. The molecule has 5 rings (SSSR count). The smallest absolute Gasteiger partial charge is 0.456 e. The van der Waals surface area contributed by atoms with Gasteiger partial charge in [-0.2, -0.15) is 13.2 Å². The second-order valence-electron chi connectivity index (χ2n) is 9.90. The van der Waals surface area contributed by atoms with Crippen molar-refractivity contribution in [1.82, 2.24) is 9.80 Å². The highest BCUT2D eigenvalue weighted by Crippen LogP contribution is 2.35. The van der Waals surface area contributed by atoms with Gasteiger partial charge in [-0.3, -0.25) is 4.90 Å². The molecule has 3 aromatic rings. The Kier molecular flexibility index (Phi) is 7.16. The van der Waals surface area contributed by atoms with Gasteiger partial charge in [0.15, 0.2) is 0 Å². The number of rotatable bonds is 6. The zero-order valence-corrected chi connectivity index (χ0v) is 21.0. The molecule has 0 radical (unpaired) electrons. The molecule has 1 aromatic heterocycles. The Morgan fingerprint density at radius 1 is 0.917 bits per heavy atom. The van der Waals surface area contributed by atoms with Gasteiger partial charge in [-0.25, -0.2) is 8.42 Å². The van der Waals surface area contributed by atoms with E-state index < -0.39 is 21.1 Å². The number of piperidine rings is 2. The molecular formula is C27H31F3N2O3S. The summed E-state index contributed by atoms with van der Waals surface area (Å²) in [5.74, 6) is -0.468. The quantitative estimate of drug-likeness (QED) is 0.400. The molecule has 0 unspecified atom stereocenters. The van der Waals surface area contributed by atoms with Gasteiger partial charge in [0.05, 0.1) is 5.75 Å². The molecule has 5 nitrogen and oxygen atoms in total. The average molecular weight is 521 g/mol. The molecule has 0 amide bonds. The lowest BCUT2D eigenvalue weighted by atomic mass is 9.98. The van der Waals surface area contributed by atoms with Crippen LogP contribution in [0.5, 0.6) is 0 Å². The van der Waals surface area contributed by atoms with E-state index in [9.17, 15) is 21.6 Å². The summed E-state index contributed by atoms with van der Waals surface area (Å²) in [6, 6.07) is 14.9. The number of hydrogen-bond acceptors (Lipinski definition) is 5. The van der Waals surface area contributed by atoms with E-state index in [4.69, 9.17) is 4.42 Å². The Morgan fingerprint density at radius 3 is 2.28 bits per heavy atom. The SMILES string of the molecule is O=S(=O)(Cc1ccc2oc(-c3ccccc3)cc2c1CN1CCC(N2CCCCC2)CC1)C(F)(F)F. The monoisotopic (exact) mass is 520 g/mol. The first kappa shape index (κ1) is 25.3. The summed E-state index contributed by atoms with van der Waals surface area (Å²) >= 11 is 0. The summed E-state index contributed by atoms with van der Waals surface area (Å²) in [5, 5.41) is 0.668. The number of hydrogen-bond donors (Lipinski definition) is 0. The van der Waals surface area contributed by atoms with Crippen LogP contribution in [0.3, 0.4) is 0 Å². The van der Waals surface area contributed by atoms with Crippen molar-refractivity contribution in [3.05, 3.63) is 59.7 Å². The molecule has 0 spiro atoms. The first-order valence-corrected chi connectivity index (χ1v) is 14.2. The molecule has 0 atom stereocenters. The van der Waals surface area contributed by atoms with Gasteiger partial charge in [0.2, 0.25) is 0 Å². The van der Waals surface area contributed by atoms with E-state index in [0.717, 1.165) is 44.6 Å². The Bertz CT molecular complexity index is 1290.